The van der Waals surface area contributed by atoms with Crippen LogP contribution in [-0.4, -0.2) is 23.9 Å². The number of nitrogens with zero attached hydrogens (tertiary/aromatic N) is 1. The molecule has 0 unspecified atom stereocenters. The van der Waals surface area contributed by atoms with E-state index in [-0.39, 0.29) is 5.91 Å². The summed E-state index contributed by atoms with van der Waals surface area (Å²) in [6.45, 7) is 6.87. The number of thiophene rings is 1. The Morgan fingerprint density at radius 2 is 2.50 bits per heavy atom. The molecular formula is C10H13NOS2. The number of carbonyl (C=O) groups excluding carboxylic acids is 1. The van der Waals surface area contributed by atoms with Gasteiger partial charge in [0.2, 0.25) is 0 Å². The molecule has 1 rings (SSSR count). The number of likely N-dealkylation sites (N-methyl/N-ethyl adjacent to an activating group) is 1. The molecule has 0 aliphatic carbocycles. The molecule has 0 aliphatic heterocycles. The summed E-state index contributed by atoms with van der Waals surface area (Å²) < 4.78 is 0. The first-order valence-corrected chi connectivity index (χ1v) is 5.69. The summed E-state index contributed by atoms with van der Waals surface area (Å²) in [5.41, 5.74) is 0. The summed E-state index contributed by atoms with van der Waals surface area (Å²) in [6.07, 6.45) is 1.73. The Kier molecular flexibility index (Phi) is 4.22. The zero-order chi connectivity index (χ0) is 10.6. The lowest BCUT2D eigenvalue weighted by atomic mass is 10.4. The third-order valence-electron chi connectivity index (χ3n) is 1.81. The van der Waals surface area contributed by atoms with Gasteiger partial charge in [-0.15, -0.1) is 30.5 Å². The van der Waals surface area contributed by atoms with Crippen LogP contribution < -0.4 is 0 Å². The van der Waals surface area contributed by atoms with E-state index in [1.165, 1.54) is 11.3 Å². The third-order valence-corrected chi connectivity index (χ3v) is 3.17. The Morgan fingerprint density at radius 1 is 1.79 bits per heavy atom. The average molecular weight is 227 g/mol. The molecule has 0 radical (unpaired) electrons. The summed E-state index contributed by atoms with van der Waals surface area (Å²) >= 11 is 5.59. The second-order valence-electron chi connectivity index (χ2n) is 2.80. The largest absolute Gasteiger partial charge is 0.335 e. The maximum atomic E-state index is 11.8. The highest BCUT2D eigenvalue weighted by atomic mass is 32.1. The Hall–Kier alpha value is -0.740. The van der Waals surface area contributed by atoms with Crippen molar-refractivity contribution in [2.24, 2.45) is 0 Å². The summed E-state index contributed by atoms with van der Waals surface area (Å²) in [5, 5.41) is 1.86. The maximum Gasteiger partial charge on any atom is 0.264 e. The molecule has 0 saturated carbocycles. The van der Waals surface area contributed by atoms with E-state index in [2.05, 4.69) is 19.2 Å². The molecule has 0 fully saturated rings. The first-order chi connectivity index (χ1) is 6.69. The summed E-state index contributed by atoms with van der Waals surface area (Å²) in [6, 6.07) is 1.79. The Balaban J connectivity index is 2.77. The van der Waals surface area contributed by atoms with Crippen molar-refractivity contribution in [1.29, 1.82) is 0 Å². The van der Waals surface area contributed by atoms with Gasteiger partial charge in [-0.2, -0.15) is 0 Å². The van der Waals surface area contributed by atoms with Crippen LogP contribution in [0, 0.1) is 0 Å². The van der Waals surface area contributed by atoms with E-state index in [9.17, 15) is 4.79 Å². The highest BCUT2D eigenvalue weighted by Crippen LogP contribution is 2.19. The molecule has 1 aromatic rings. The highest BCUT2D eigenvalue weighted by Gasteiger charge is 2.14. The molecule has 76 valence electrons. The van der Waals surface area contributed by atoms with E-state index in [1.54, 1.807) is 17.0 Å². The van der Waals surface area contributed by atoms with Gasteiger partial charge in [0.25, 0.3) is 5.91 Å². The molecule has 4 heteroatoms. The topological polar surface area (TPSA) is 20.3 Å². The van der Waals surface area contributed by atoms with Gasteiger partial charge in [-0.1, -0.05) is 6.08 Å². The van der Waals surface area contributed by atoms with E-state index in [0.29, 0.717) is 13.1 Å². The molecule has 0 aromatic carbocycles. The molecule has 0 spiro atoms. The Labute approximate surface area is 93.6 Å². The van der Waals surface area contributed by atoms with Gasteiger partial charge in [0, 0.05) is 23.4 Å². The molecule has 1 aromatic heterocycles. The van der Waals surface area contributed by atoms with Gasteiger partial charge in [-0.05, 0) is 13.0 Å². The van der Waals surface area contributed by atoms with Gasteiger partial charge in [-0.25, -0.2) is 0 Å². The SMILES string of the molecule is C=CCN(CC)C(=O)c1cc(S)cs1. The number of carbonyl (C=O) groups is 1. The normalized spacial score (nSPS) is 9.86. The van der Waals surface area contributed by atoms with Crippen molar-refractivity contribution < 1.29 is 4.79 Å². The molecule has 0 aliphatic rings. The van der Waals surface area contributed by atoms with Crippen LogP contribution in [0.15, 0.2) is 29.0 Å². The number of hydrogen-bond acceptors (Lipinski definition) is 3. The molecule has 0 atom stereocenters. The fraction of sp³-hybridized carbons (Fsp3) is 0.300. The number of thiol groups is 1. The number of hydrogen-bond donors (Lipinski definition) is 1. The molecular weight excluding hydrogens is 214 g/mol. The summed E-state index contributed by atoms with van der Waals surface area (Å²) in [7, 11) is 0. The van der Waals surface area contributed by atoms with E-state index < -0.39 is 0 Å². The first kappa shape index (κ1) is 11.3. The molecule has 0 saturated heterocycles. The van der Waals surface area contributed by atoms with Crippen LogP contribution in [0.5, 0.6) is 0 Å². The predicted octanol–water partition coefficient (Wildman–Crippen LogP) is 2.68. The van der Waals surface area contributed by atoms with E-state index in [0.717, 1.165) is 9.77 Å². The average Bonchev–Trinajstić information content (AvgIpc) is 2.60. The lowest BCUT2D eigenvalue weighted by molar-refractivity contribution is 0.0787. The van der Waals surface area contributed by atoms with Crippen molar-refractivity contribution in [2.45, 2.75) is 11.8 Å². The van der Waals surface area contributed by atoms with Gasteiger partial charge in [-0.3, -0.25) is 4.79 Å². The van der Waals surface area contributed by atoms with Crippen LogP contribution >= 0.6 is 24.0 Å². The Bertz CT molecular complexity index is 333. The molecule has 0 N–H and O–H groups in total. The lowest BCUT2D eigenvalue weighted by Crippen LogP contribution is -2.30. The van der Waals surface area contributed by atoms with Gasteiger partial charge < -0.3 is 4.90 Å². The summed E-state index contributed by atoms with van der Waals surface area (Å²) in [5.74, 6) is 0.0534. The summed E-state index contributed by atoms with van der Waals surface area (Å²) in [4.78, 5) is 15.2. The van der Waals surface area contributed by atoms with Gasteiger partial charge in [0.05, 0.1) is 4.88 Å². The Morgan fingerprint density at radius 3 is 2.93 bits per heavy atom. The van der Waals surface area contributed by atoms with Crippen molar-refractivity contribution in [3.05, 3.63) is 29.0 Å². The van der Waals surface area contributed by atoms with Crippen molar-refractivity contribution in [3.63, 3.8) is 0 Å². The van der Waals surface area contributed by atoms with E-state index >= 15 is 0 Å². The minimum Gasteiger partial charge on any atom is -0.335 e. The van der Waals surface area contributed by atoms with E-state index in [1.807, 2.05) is 12.3 Å². The zero-order valence-electron chi connectivity index (χ0n) is 8.06. The molecule has 1 amide bonds. The number of rotatable bonds is 4. The van der Waals surface area contributed by atoms with Crippen LogP contribution in [0.25, 0.3) is 0 Å². The van der Waals surface area contributed by atoms with Crippen molar-refractivity contribution in [2.75, 3.05) is 13.1 Å². The molecule has 0 bridgehead atoms. The predicted molar refractivity (Wildman–Crippen MR) is 63.3 cm³/mol. The van der Waals surface area contributed by atoms with Crippen LogP contribution in [0.1, 0.15) is 16.6 Å². The van der Waals surface area contributed by atoms with Gasteiger partial charge in [0.1, 0.15) is 0 Å². The highest BCUT2D eigenvalue weighted by molar-refractivity contribution is 7.80. The minimum atomic E-state index is 0.0534. The van der Waals surface area contributed by atoms with Gasteiger partial charge >= 0.3 is 0 Å². The minimum absolute atomic E-state index is 0.0534. The second kappa shape index (κ2) is 5.22. The van der Waals surface area contributed by atoms with Crippen molar-refractivity contribution in [1.82, 2.24) is 4.90 Å². The number of amides is 1. The van der Waals surface area contributed by atoms with Crippen LogP contribution in [0.2, 0.25) is 0 Å². The molecule has 2 nitrogen and oxygen atoms in total. The molecule has 14 heavy (non-hydrogen) atoms. The maximum absolute atomic E-state index is 11.8. The van der Waals surface area contributed by atoms with Crippen LogP contribution in [0.4, 0.5) is 0 Å². The standard InChI is InChI=1S/C10H13NOS2/c1-3-5-11(4-2)10(12)9-6-8(13)7-14-9/h3,6-7,13H,1,4-5H2,2H3. The molecule has 1 heterocycles. The lowest BCUT2D eigenvalue weighted by Gasteiger charge is -2.17. The van der Waals surface area contributed by atoms with Crippen LogP contribution in [0.3, 0.4) is 0 Å². The fourth-order valence-corrected chi connectivity index (χ4v) is 2.22. The van der Waals surface area contributed by atoms with Crippen molar-refractivity contribution in [3.8, 4) is 0 Å². The quantitative estimate of drug-likeness (QED) is 0.619. The second-order valence-corrected chi connectivity index (χ2v) is 4.23. The van der Waals surface area contributed by atoms with E-state index in [4.69, 9.17) is 0 Å². The van der Waals surface area contributed by atoms with Gasteiger partial charge in [0.15, 0.2) is 0 Å². The monoisotopic (exact) mass is 227 g/mol. The van der Waals surface area contributed by atoms with Crippen LogP contribution in [-0.2, 0) is 0 Å². The van der Waals surface area contributed by atoms with Crippen molar-refractivity contribution >= 4 is 29.9 Å². The fourth-order valence-electron chi connectivity index (χ4n) is 1.11. The smallest absolute Gasteiger partial charge is 0.264 e. The third kappa shape index (κ3) is 2.62. The first-order valence-electron chi connectivity index (χ1n) is 4.36. The zero-order valence-corrected chi connectivity index (χ0v) is 9.78.